The molecule has 0 bridgehead atoms. The van der Waals surface area contributed by atoms with Gasteiger partial charge < -0.3 is 5.73 Å². The second-order valence-corrected chi connectivity index (χ2v) is 5.37. The van der Waals surface area contributed by atoms with Crippen LogP contribution in [-0.2, 0) is 0 Å². The lowest BCUT2D eigenvalue weighted by atomic mass is 9.96. The maximum atomic E-state index is 6.24. The van der Waals surface area contributed by atoms with Crippen LogP contribution in [0.25, 0.3) is 11.1 Å². The fraction of sp³-hybridized carbons (Fsp3) is 0.267. The number of hydrogen-bond acceptors (Lipinski definition) is 2. The molecular formula is C15H16Cl2N2. The Labute approximate surface area is 123 Å². The zero-order valence-electron chi connectivity index (χ0n) is 10.7. The van der Waals surface area contributed by atoms with E-state index in [0.29, 0.717) is 22.5 Å². The molecule has 2 nitrogen and oxygen atoms in total. The first-order valence-electron chi connectivity index (χ1n) is 6.23. The van der Waals surface area contributed by atoms with Gasteiger partial charge in [0, 0.05) is 23.5 Å². The van der Waals surface area contributed by atoms with Gasteiger partial charge in [0.25, 0.3) is 0 Å². The average molecular weight is 295 g/mol. The molecule has 0 saturated carbocycles. The number of benzene rings is 1. The number of rotatable bonds is 4. The lowest BCUT2D eigenvalue weighted by molar-refractivity contribution is 0.687. The van der Waals surface area contributed by atoms with E-state index in [9.17, 15) is 0 Å². The van der Waals surface area contributed by atoms with Crippen molar-refractivity contribution in [2.24, 2.45) is 5.73 Å². The van der Waals surface area contributed by atoms with Gasteiger partial charge in [-0.15, -0.1) is 0 Å². The minimum atomic E-state index is 0.385. The largest absolute Gasteiger partial charge is 0.330 e. The topological polar surface area (TPSA) is 38.9 Å². The van der Waals surface area contributed by atoms with Gasteiger partial charge in [0.1, 0.15) is 0 Å². The van der Waals surface area contributed by atoms with Gasteiger partial charge >= 0.3 is 0 Å². The smallest absolute Gasteiger partial charge is 0.0671 e. The monoisotopic (exact) mass is 294 g/mol. The number of pyridine rings is 1. The maximum Gasteiger partial charge on any atom is 0.0671 e. The summed E-state index contributed by atoms with van der Waals surface area (Å²) in [5.74, 6) is 0.385. The van der Waals surface area contributed by atoms with Crippen molar-refractivity contribution < 1.29 is 0 Å². The average Bonchev–Trinajstić information content (AvgIpc) is 2.42. The third kappa shape index (κ3) is 3.27. The molecule has 0 radical (unpaired) electrons. The van der Waals surface area contributed by atoms with Crippen LogP contribution in [0.15, 0.2) is 36.7 Å². The maximum absolute atomic E-state index is 6.24. The van der Waals surface area contributed by atoms with Crippen molar-refractivity contribution in [3.63, 3.8) is 0 Å². The molecule has 0 amide bonds. The van der Waals surface area contributed by atoms with Crippen molar-refractivity contribution in [1.82, 2.24) is 4.98 Å². The van der Waals surface area contributed by atoms with Crippen molar-refractivity contribution in [3.8, 4) is 11.1 Å². The van der Waals surface area contributed by atoms with Crippen molar-refractivity contribution >= 4 is 23.2 Å². The Morgan fingerprint density at radius 2 is 2.05 bits per heavy atom. The van der Waals surface area contributed by atoms with Gasteiger partial charge in [-0.05, 0) is 36.6 Å². The van der Waals surface area contributed by atoms with Gasteiger partial charge in [-0.3, -0.25) is 4.98 Å². The van der Waals surface area contributed by atoms with E-state index in [4.69, 9.17) is 28.9 Å². The summed E-state index contributed by atoms with van der Waals surface area (Å²) in [5, 5.41) is 1.12. The van der Waals surface area contributed by atoms with Crippen molar-refractivity contribution in [2.75, 3.05) is 6.54 Å². The highest BCUT2D eigenvalue weighted by Crippen LogP contribution is 2.34. The fourth-order valence-electron chi connectivity index (χ4n) is 2.02. The molecule has 2 aromatic rings. The van der Waals surface area contributed by atoms with Gasteiger partial charge in [-0.1, -0.05) is 42.3 Å². The molecule has 1 atom stereocenters. The highest BCUT2D eigenvalue weighted by molar-refractivity contribution is 6.43. The molecule has 4 heteroatoms. The lowest BCUT2D eigenvalue weighted by Crippen LogP contribution is -2.04. The third-order valence-electron chi connectivity index (χ3n) is 3.19. The van der Waals surface area contributed by atoms with Crippen molar-refractivity contribution in [1.29, 1.82) is 0 Å². The van der Waals surface area contributed by atoms with E-state index in [2.05, 4.69) is 18.0 Å². The van der Waals surface area contributed by atoms with Crippen LogP contribution in [0.4, 0.5) is 0 Å². The van der Waals surface area contributed by atoms with Crippen LogP contribution < -0.4 is 5.73 Å². The Bertz CT molecular complexity index is 570. The van der Waals surface area contributed by atoms with E-state index in [1.54, 1.807) is 12.3 Å². The third-order valence-corrected chi connectivity index (χ3v) is 4.01. The van der Waals surface area contributed by atoms with E-state index in [1.165, 1.54) is 5.56 Å². The van der Waals surface area contributed by atoms with Crippen LogP contribution >= 0.6 is 23.2 Å². The molecule has 0 aliphatic rings. The van der Waals surface area contributed by atoms with Gasteiger partial charge in [0.2, 0.25) is 0 Å². The minimum Gasteiger partial charge on any atom is -0.330 e. The number of nitrogens with zero attached hydrogens (tertiary/aromatic N) is 1. The molecule has 100 valence electrons. The van der Waals surface area contributed by atoms with Gasteiger partial charge in [0.05, 0.1) is 10.0 Å². The number of halogens is 2. The molecule has 0 aliphatic heterocycles. The minimum absolute atomic E-state index is 0.385. The predicted octanol–water partition coefficient (Wildman–Crippen LogP) is 4.51. The van der Waals surface area contributed by atoms with Crippen molar-refractivity contribution in [3.05, 3.63) is 52.3 Å². The van der Waals surface area contributed by atoms with Crippen LogP contribution in [0.3, 0.4) is 0 Å². The molecule has 19 heavy (non-hydrogen) atoms. The van der Waals surface area contributed by atoms with E-state index < -0.39 is 0 Å². The van der Waals surface area contributed by atoms with Gasteiger partial charge in [-0.2, -0.15) is 0 Å². The summed E-state index contributed by atoms with van der Waals surface area (Å²) in [6, 6.07) is 7.72. The Hall–Kier alpha value is -1.09. The first kappa shape index (κ1) is 14.3. The Kier molecular flexibility index (Phi) is 4.81. The van der Waals surface area contributed by atoms with E-state index in [-0.39, 0.29) is 0 Å². The quantitative estimate of drug-likeness (QED) is 0.901. The Balaban J connectivity index is 2.40. The normalized spacial score (nSPS) is 12.4. The van der Waals surface area contributed by atoms with Gasteiger partial charge in [-0.25, -0.2) is 0 Å². The zero-order chi connectivity index (χ0) is 13.8. The summed E-state index contributed by atoms with van der Waals surface area (Å²) in [4.78, 5) is 4.29. The molecule has 2 N–H and O–H groups in total. The highest BCUT2D eigenvalue weighted by atomic mass is 35.5. The van der Waals surface area contributed by atoms with Crippen LogP contribution in [-0.4, -0.2) is 11.5 Å². The van der Waals surface area contributed by atoms with E-state index >= 15 is 0 Å². The summed E-state index contributed by atoms with van der Waals surface area (Å²) < 4.78 is 0. The first-order valence-corrected chi connectivity index (χ1v) is 6.98. The molecular weight excluding hydrogens is 279 g/mol. The molecule has 0 aliphatic carbocycles. The number of hydrogen-bond donors (Lipinski definition) is 1. The van der Waals surface area contributed by atoms with E-state index in [1.807, 2.05) is 18.3 Å². The zero-order valence-corrected chi connectivity index (χ0v) is 12.2. The van der Waals surface area contributed by atoms with Crippen LogP contribution in [0, 0.1) is 0 Å². The Morgan fingerprint density at radius 3 is 2.79 bits per heavy atom. The summed E-state index contributed by atoms with van der Waals surface area (Å²) in [6.45, 7) is 2.82. The SMILES string of the molecule is CC(CCN)c1cncc(-c2cccc(Cl)c2Cl)c1. The van der Waals surface area contributed by atoms with Crippen LogP contribution in [0.5, 0.6) is 0 Å². The molecule has 2 rings (SSSR count). The number of aromatic nitrogens is 1. The summed E-state index contributed by atoms with van der Waals surface area (Å²) in [6.07, 6.45) is 4.62. The molecule has 0 fully saturated rings. The molecule has 0 saturated heterocycles. The van der Waals surface area contributed by atoms with E-state index in [0.717, 1.165) is 17.5 Å². The second-order valence-electron chi connectivity index (χ2n) is 4.59. The molecule has 1 aromatic heterocycles. The standard InChI is InChI=1S/C15H16Cl2N2/c1-10(5-6-18)11-7-12(9-19-8-11)13-3-2-4-14(16)15(13)17/h2-4,7-10H,5-6,18H2,1H3. The van der Waals surface area contributed by atoms with Crippen molar-refractivity contribution in [2.45, 2.75) is 19.3 Å². The molecule has 1 heterocycles. The highest BCUT2D eigenvalue weighted by Gasteiger charge is 2.10. The second kappa shape index (κ2) is 6.38. The number of nitrogens with two attached hydrogens (primary N) is 1. The van der Waals surface area contributed by atoms with Gasteiger partial charge in [0.15, 0.2) is 0 Å². The molecule has 1 unspecified atom stereocenters. The summed E-state index contributed by atoms with van der Waals surface area (Å²) in [7, 11) is 0. The summed E-state index contributed by atoms with van der Waals surface area (Å²) >= 11 is 12.3. The molecule has 1 aromatic carbocycles. The lowest BCUT2D eigenvalue weighted by Gasteiger charge is -2.12. The summed E-state index contributed by atoms with van der Waals surface area (Å²) in [5.41, 5.74) is 8.65. The van der Waals surface area contributed by atoms with Crippen LogP contribution in [0.1, 0.15) is 24.8 Å². The first-order chi connectivity index (χ1) is 9.13. The van der Waals surface area contributed by atoms with Crippen LogP contribution in [0.2, 0.25) is 10.0 Å². The molecule has 0 spiro atoms. The predicted molar refractivity (Wildman–Crippen MR) is 81.8 cm³/mol. The Morgan fingerprint density at radius 1 is 1.26 bits per heavy atom. The fourth-order valence-corrected chi connectivity index (χ4v) is 2.43.